The number of rotatable bonds is 4. The molecule has 2 nitrogen and oxygen atoms in total. The third-order valence-electron chi connectivity index (χ3n) is 2.62. The number of amides is 1. The lowest BCUT2D eigenvalue weighted by Gasteiger charge is -2.14. The summed E-state index contributed by atoms with van der Waals surface area (Å²) in [5, 5.41) is 3.23. The topological polar surface area (TPSA) is 29.1 Å². The Morgan fingerprint density at radius 2 is 2.06 bits per heavy atom. The van der Waals surface area contributed by atoms with Gasteiger partial charge in [0.15, 0.2) is 0 Å². The van der Waals surface area contributed by atoms with E-state index in [9.17, 15) is 4.79 Å². The first-order valence-corrected chi connectivity index (χ1v) is 6.42. The summed E-state index contributed by atoms with van der Waals surface area (Å²) < 4.78 is 0. The molecule has 1 aromatic carbocycles. The molecule has 1 N–H and O–H groups in total. The molecule has 0 aliphatic carbocycles. The summed E-state index contributed by atoms with van der Waals surface area (Å²) in [7, 11) is 0. The van der Waals surface area contributed by atoms with E-state index in [0.29, 0.717) is 23.0 Å². The molecule has 1 unspecified atom stereocenters. The van der Waals surface area contributed by atoms with Gasteiger partial charge in [0.1, 0.15) is 0 Å². The Morgan fingerprint density at radius 1 is 1.41 bits per heavy atom. The van der Waals surface area contributed by atoms with Crippen molar-refractivity contribution in [2.75, 3.05) is 6.54 Å². The van der Waals surface area contributed by atoms with E-state index in [2.05, 4.69) is 5.32 Å². The third kappa shape index (κ3) is 3.90. The predicted octanol–water partition coefficient (Wildman–Crippen LogP) is 3.64. The molecule has 0 aliphatic rings. The summed E-state index contributed by atoms with van der Waals surface area (Å²) in [4.78, 5) is 11.9. The van der Waals surface area contributed by atoms with E-state index >= 15 is 0 Å². The van der Waals surface area contributed by atoms with Crippen LogP contribution in [0.4, 0.5) is 0 Å². The van der Waals surface area contributed by atoms with Crippen molar-refractivity contribution in [1.29, 1.82) is 0 Å². The molecule has 0 radical (unpaired) electrons. The van der Waals surface area contributed by atoms with Gasteiger partial charge in [-0.2, -0.15) is 0 Å². The first kappa shape index (κ1) is 14.3. The van der Waals surface area contributed by atoms with Crippen LogP contribution >= 0.6 is 23.2 Å². The van der Waals surface area contributed by atoms with E-state index in [1.54, 1.807) is 6.07 Å². The highest BCUT2D eigenvalue weighted by atomic mass is 35.5. The van der Waals surface area contributed by atoms with Gasteiger partial charge in [0.2, 0.25) is 0 Å². The smallest absolute Gasteiger partial charge is 0.252 e. The number of alkyl halides is 1. The average Bonchev–Trinajstić information content (AvgIpc) is 2.29. The van der Waals surface area contributed by atoms with Crippen LogP contribution in [0.25, 0.3) is 0 Å². The molecule has 4 heteroatoms. The lowest BCUT2D eigenvalue weighted by atomic mass is 10.1. The Morgan fingerprint density at radius 3 is 2.65 bits per heavy atom. The number of halogens is 2. The van der Waals surface area contributed by atoms with Gasteiger partial charge in [0, 0.05) is 6.54 Å². The zero-order chi connectivity index (χ0) is 13.0. The van der Waals surface area contributed by atoms with Gasteiger partial charge in [0.05, 0.1) is 16.0 Å². The molecule has 0 saturated carbocycles. The lowest BCUT2D eigenvalue weighted by Crippen LogP contribution is -2.32. The maximum Gasteiger partial charge on any atom is 0.252 e. The average molecular weight is 274 g/mol. The van der Waals surface area contributed by atoms with Crippen LogP contribution < -0.4 is 5.32 Å². The van der Waals surface area contributed by atoms with Crippen molar-refractivity contribution in [3.63, 3.8) is 0 Å². The van der Waals surface area contributed by atoms with E-state index in [1.807, 2.05) is 32.9 Å². The highest BCUT2D eigenvalue weighted by Crippen LogP contribution is 2.20. The zero-order valence-electron chi connectivity index (χ0n) is 10.3. The van der Waals surface area contributed by atoms with E-state index in [4.69, 9.17) is 23.2 Å². The minimum Gasteiger partial charge on any atom is -0.350 e. The number of carbonyl (C=O) groups is 1. The largest absolute Gasteiger partial charge is 0.350 e. The molecule has 0 aromatic heterocycles. The van der Waals surface area contributed by atoms with E-state index in [1.165, 1.54) is 0 Å². The van der Waals surface area contributed by atoms with Crippen molar-refractivity contribution < 1.29 is 4.79 Å². The van der Waals surface area contributed by atoms with Gasteiger partial charge in [-0.1, -0.05) is 37.6 Å². The van der Waals surface area contributed by atoms with Crippen molar-refractivity contribution in [3.8, 4) is 0 Å². The van der Waals surface area contributed by atoms with Crippen LogP contribution in [-0.4, -0.2) is 17.8 Å². The van der Waals surface area contributed by atoms with Crippen molar-refractivity contribution >= 4 is 29.1 Å². The molecule has 1 amide bonds. The number of carbonyl (C=O) groups excluding carboxylic acids is 1. The van der Waals surface area contributed by atoms with Crippen LogP contribution in [-0.2, 0) is 0 Å². The minimum absolute atomic E-state index is 0.0671. The van der Waals surface area contributed by atoms with Crippen LogP contribution in [0.5, 0.6) is 0 Å². The Labute approximate surface area is 112 Å². The summed E-state index contributed by atoms with van der Waals surface area (Å²) in [6.45, 7) is 6.35. The maximum absolute atomic E-state index is 11.9. The molecular formula is C13H17Cl2NO. The fourth-order valence-electron chi connectivity index (χ4n) is 1.34. The molecule has 0 saturated heterocycles. The summed E-state index contributed by atoms with van der Waals surface area (Å²) in [6, 6.07) is 5.40. The van der Waals surface area contributed by atoms with Crippen LogP contribution in [0.1, 0.15) is 29.8 Å². The second-order valence-electron chi connectivity index (χ2n) is 4.41. The Kier molecular flexibility index (Phi) is 5.29. The van der Waals surface area contributed by atoms with Gasteiger partial charge in [-0.3, -0.25) is 4.79 Å². The third-order valence-corrected chi connectivity index (χ3v) is 3.78. The number of hydrogen-bond donors (Lipinski definition) is 1. The van der Waals surface area contributed by atoms with Crippen molar-refractivity contribution in [3.05, 3.63) is 34.3 Å². The van der Waals surface area contributed by atoms with Crippen LogP contribution in [0.15, 0.2) is 18.2 Å². The molecule has 1 rings (SSSR count). The first-order valence-electron chi connectivity index (χ1n) is 5.61. The van der Waals surface area contributed by atoms with Gasteiger partial charge in [-0.25, -0.2) is 0 Å². The molecule has 0 bridgehead atoms. The normalized spacial score (nSPS) is 12.6. The van der Waals surface area contributed by atoms with Gasteiger partial charge in [0.25, 0.3) is 5.91 Å². The van der Waals surface area contributed by atoms with Crippen molar-refractivity contribution in [2.45, 2.75) is 26.1 Å². The van der Waals surface area contributed by atoms with Crippen LogP contribution in [0, 0.1) is 12.8 Å². The minimum atomic E-state index is -0.176. The van der Waals surface area contributed by atoms with Gasteiger partial charge >= 0.3 is 0 Å². The van der Waals surface area contributed by atoms with E-state index in [-0.39, 0.29) is 11.3 Å². The number of aryl methyl sites for hydroxylation is 1. The number of benzene rings is 1. The molecule has 94 valence electrons. The Balaban J connectivity index is 2.68. The molecule has 0 aliphatic heterocycles. The zero-order valence-corrected chi connectivity index (χ0v) is 11.8. The molecule has 0 fully saturated rings. The van der Waals surface area contributed by atoms with Crippen LogP contribution in [0.3, 0.4) is 0 Å². The quantitative estimate of drug-likeness (QED) is 0.834. The van der Waals surface area contributed by atoms with Gasteiger partial charge in [-0.05, 0) is 24.5 Å². The van der Waals surface area contributed by atoms with Crippen molar-refractivity contribution in [1.82, 2.24) is 5.32 Å². The summed E-state index contributed by atoms with van der Waals surface area (Å²) in [5.74, 6) is 0.148. The summed E-state index contributed by atoms with van der Waals surface area (Å²) >= 11 is 12.1. The highest BCUT2D eigenvalue weighted by Gasteiger charge is 2.14. The second-order valence-corrected chi connectivity index (χ2v) is 5.35. The first-order chi connectivity index (χ1) is 7.93. The summed E-state index contributed by atoms with van der Waals surface area (Å²) in [5.41, 5.74) is 1.39. The van der Waals surface area contributed by atoms with Crippen LogP contribution in [0.2, 0.25) is 5.02 Å². The Hall–Kier alpha value is -0.730. The molecule has 1 aromatic rings. The fourth-order valence-corrected chi connectivity index (χ4v) is 1.63. The molecule has 0 spiro atoms. The monoisotopic (exact) mass is 273 g/mol. The molecule has 1 atom stereocenters. The second kappa shape index (κ2) is 6.27. The fraction of sp³-hybridized carbons (Fsp3) is 0.462. The molecule has 17 heavy (non-hydrogen) atoms. The lowest BCUT2D eigenvalue weighted by molar-refractivity contribution is 0.0952. The van der Waals surface area contributed by atoms with Crippen molar-refractivity contribution in [2.24, 2.45) is 5.92 Å². The summed E-state index contributed by atoms with van der Waals surface area (Å²) in [6.07, 6.45) is 0. The Bertz CT molecular complexity index is 404. The molecule has 0 heterocycles. The van der Waals surface area contributed by atoms with Gasteiger partial charge < -0.3 is 5.32 Å². The SMILES string of the molecule is Cc1cccc(C(=O)NCC(Cl)C(C)C)c1Cl. The van der Waals surface area contributed by atoms with E-state index < -0.39 is 0 Å². The standard InChI is InChI=1S/C13H17Cl2NO/c1-8(2)11(14)7-16-13(17)10-6-4-5-9(3)12(10)15/h4-6,8,11H,7H2,1-3H3,(H,16,17). The maximum atomic E-state index is 11.9. The van der Waals surface area contributed by atoms with E-state index in [0.717, 1.165) is 5.56 Å². The predicted molar refractivity (Wildman–Crippen MR) is 73.0 cm³/mol. The number of nitrogens with one attached hydrogen (secondary N) is 1. The number of hydrogen-bond acceptors (Lipinski definition) is 1. The highest BCUT2D eigenvalue weighted by molar-refractivity contribution is 6.34. The van der Waals surface area contributed by atoms with Gasteiger partial charge in [-0.15, -0.1) is 11.6 Å². The molecular weight excluding hydrogens is 257 g/mol.